The fourth-order valence-corrected chi connectivity index (χ4v) is 2.60. The van der Waals surface area contributed by atoms with Crippen LogP contribution in [0.25, 0.3) is 0 Å². The van der Waals surface area contributed by atoms with Crippen LogP contribution < -0.4 is 24.8 Å². The third kappa shape index (κ3) is 5.11. The highest BCUT2D eigenvalue weighted by molar-refractivity contribution is 5.94. The maximum absolute atomic E-state index is 12.2. The number of nitrogens with zero attached hydrogens (tertiary/aromatic N) is 1. The molecule has 0 fully saturated rings. The number of hydrogen-bond donors (Lipinski definition) is 2. The minimum Gasteiger partial charge on any atom is -0.497 e. The first-order valence-corrected chi connectivity index (χ1v) is 8.35. The molecule has 8 heteroatoms. The number of hydrogen-bond acceptors (Lipinski definition) is 6. The Kier molecular flexibility index (Phi) is 5.77. The standard InChI is InChI=1S/C19H21N3O5/c1-22(10-18(23)20-13-3-6-15(25-2)7-4-13)11-19(24)21-14-5-8-16-17(9-14)27-12-26-16/h3-9H,10-12H2,1-2H3,(H,20,23)(H,21,24). The molecule has 0 unspecified atom stereocenters. The number of ether oxygens (including phenoxy) is 3. The lowest BCUT2D eigenvalue weighted by atomic mass is 10.2. The maximum atomic E-state index is 12.2. The van der Waals surface area contributed by atoms with Gasteiger partial charge in [0.2, 0.25) is 18.6 Å². The van der Waals surface area contributed by atoms with Gasteiger partial charge in [-0.3, -0.25) is 14.5 Å². The minimum absolute atomic E-state index is 0.0739. The molecule has 0 saturated carbocycles. The van der Waals surface area contributed by atoms with E-state index in [1.807, 2.05) is 0 Å². The molecule has 0 aromatic heterocycles. The Hall–Kier alpha value is -3.26. The highest BCUT2D eigenvalue weighted by Gasteiger charge is 2.15. The van der Waals surface area contributed by atoms with E-state index in [4.69, 9.17) is 14.2 Å². The summed E-state index contributed by atoms with van der Waals surface area (Å²) in [5.41, 5.74) is 1.28. The number of anilines is 2. The molecule has 0 atom stereocenters. The normalized spacial score (nSPS) is 12.0. The second-order valence-corrected chi connectivity index (χ2v) is 6.07. The summed E-state index contributed by atoms with van der Waals surface area (Å²) in [4.78, 5) is 25.9. The second-order valence-electron chi connectivity index (χ2n) is 6.07. The highest BCUT2D eigenvalue weighted by atomic mass is 16.7. The molecule has 0 radical (unpaired) electrons. The van der Waals surface area contributed by atoms with E-state index in [1.165, 1.54) is 0 Å². The van der Waals surface area contributed by atoms with Crippen LogP contribution in [0.3, 0.4) is 0 Å². The van der Waals surface area contributed by atoms with Crippen LogP contribution in [0.5, 0.6) is 17.2 Å². The molecule has 142 valence electrons. The average molecular weight is 371 g/mol. The fourth-order valence-electron chi connectivity index (χ4n) is 2.60. The van der Waals surface area contributed by atoms with Gasteiger partial charge < -0.3 is 24.8 Å². The van der Waals surface area contributed by atoms with Crippen LogP contribution in [0.15, 0.2) is 42.5 Å². The molecule has 1 aliphatic rings. The van der Waals surface area contributed by atoms with Crippen molar-refractivity contribution in [1.29, 1.82) is 0 Å². The fraction of sp³-hybridized carbons (Fsp3) is 0.263. The van der Waals surface area contributed by atoms with Gasteiger partial charge in [-0.25, -0.2) is 0 Å². The Morgan fingerprint density at radius 3 is 2.22 bits per heavy atom. The quantitative estimate of drug-likeness (QED) is 0.773. The van der Waals surface area contributed by atoms with Crippen molar-refractivity contribution < 1.29 is 23.8 Å². The Bertz CT molecular complexity index is 823. The third-order valence-corrected chi connectivity index (χ3v) is 3.86. The van der Waals surface area contributed by atoms with Crippen molar-refractivity contribution in [2.75, 3.05) is 44.7 Å². The Labute approximate surface area is 157 Å². The maximum Gasteiger partial charge on any atom is 0.238 e. The average Bonchev–Trinajstić information content (AvgIpc) is 3.09. The largest absolute Gasteiger partial charge is 0.497 e. The van der Waals surface area contributed by atoms with Crippen molar-refractivity contribution in [3.8, 4) is 17.2 Å². The van der Waals surface area contributed by atoms with Gasteiger partial charge in [-0.1, -0.05) is 0 Å². The van der Waals surface area contributed by atoms with Crippen molar-refractivity contribution >= 4 is 23.2 Å². The van der Waals surface area contributed by atoms with Gasteiger partial charge in [-0.2, -0.15) is 0 Å². The molecule has 3 rings (SSSR count). The molecule has 0 spiro atoms. The summed E-state index contributed by atoms with van der Waals surface area (Å²) in [6.45, 7) is 0.337. The number of carbonyl (C=O) groups is 2. The number of carbonyl (C=O) groups excluding carboxylic acids is 2. The van der Waals surface area contributed by atoms with Gasteiger partial charge in [0.05, 0.1) is 20.2 Å². The molecule has 2 amide bonds. The molecular formula is C19H21N3O5. The molecule has 2 aromatic carbocycles. The monoisotopic (exact) mass is 371 g/mol. The molecule has 1 aliphatic heterocycles. The van der Waals surface area contributed by atoms with Crippen molar-refractivity contribution in [2.24, 2.45) is 0 Å². The number of likely N-dealkylation sites (N-methyl/N-ethyl adjacent to an activating group) is 1. The molecule has 0 bridgehead atoms. The van der Waals surface area contributed by atoms with Gasteiger partial charge >= 0.3 is 0 Å². The molecular weight excluding hydrogens is 350 g/mol. The first-order chi connectivity index (χ1) is 13.0. The summed E-state index contributed by atoms with van der Waals surface area (Å²) >= 11 is 0. The summed E-state index contributed by atoms with van der Waals surface area (Å²) in [5.74, 6) is 1.53. The molecule has 2 aromatic rings. The number of nitrogens with one attached hydrogen (secondary N) is 2. The molecule has 0 saturated heterocycles. The van der Waals surface area contributed by atoms with E-state index in [1.54, 1.807) is 61.5 Å². The van der Waals surface area contributed by atoms with Crippen LogP contribution in [-0.4, -0.2) is 50.8 Å². The van der Waals surface area contributed by atoms with Gasteiger partial charge in [0, 0.05) is 17.4 Å². The predicted molar refractivity (Wildman–Crippen MR) is 100 cm³/mol. The van der Waals surface area contributed by atoms with E-state index < -0.39 is 0 Å². The minimum atomic E-state index is -0.228. The number of rotatable bonds is 7. The van der Waals surface area contributed by atoms with Crippen LogP contribution >= 0.6 is 0 Å². The van der Waals surface area contributed by atoms with E-state index in [0.717, 1.165) is 0 Å². The third-order valence-electron chi connectivity index (χ3n) is 3.86. The zero-order chi connectivity index (χ0) is 19.2. The Morgan fingerprint density at radius 1 is 0.963 bits per heavy atom. The first-order valence-electron chi connectivity index (χ1n) is 8.35. The summed E-state index contributed by atoms with van der Waals surface area (Å²) in [7, 11) is 3.28. The smallest absolute Gasteiger partial charge is 0.238 e. The zero-order valence-electron chi connectivity index (χ0n) is 15.2. The number of benzene rings is 2. The highest BCUT2D eigenvalue weighted by Crippen LogP contribution is 2.34. The number of methoxy groups -OCH3 is 1. The van der Waals surface area contributed by atoms with E-state index in [2.05, 4.69) is 10.6 Å². The van der Waals surface area contributed by atoms with Crippen LogP contribution in [0.4, 0.5) is 11.4 Å². The van der Waals surface area contributed by atoms with Crippen molar-refractivity contribution in [2.45, 2.75) is 0 Å². The van der Waals surface area contributed by atoms with Gasteiger partial charge in [-0.05, 0) is 43.4 Å². The number of amides is 2. The van der Waals surface area contributed by atoms with Crippen LogP contribution in [-0.2, 0) is 9.59 Å². The van der Waals surface area contributed by atoms with Crippen molar-refractivity contribution in [1.82, 2.24) is 4.90 Å². The zero-order valence-corrected chi connectivity index (χ0v) is 15.2. The SMILES string of the molecule is COc1ccc(NC(=O)CN(C)CC(=O)Nc2ccc3c(c2)OCO3)cc1. The van der Waals surface area contributed by atoms with Gasteiger partial charge in [0.1, 0.15) is 5.75 Å². The van der Waals surface area contributed by atoms with E-state index >= 15 is 0 Å². The summed E-state index contributed by atoms with van der Waals surface area (Å²) in [6.07, 6.45) is 0. The second kappa shape index (κ2) is 8.41. The predicted octanol–water partition coefficient (Wildman–Crippen LogP) is 1.93. The van der Waals surface area contributed by atoms with E-state index in [-0.39, 0.29) is 31.7 Å². The summed E-state index contributed by atoms with van der Waals surface area (Å²) in [5, 5.41) is 5.55. The lowest BCUT2D eigenvalue weighted by Gasteiger charge is -2.16. The molecule has 1 heterocycles. The molecule has 27 heavy (non-hydrogen) atoms. The van der Waals surface area contributed by atoms with Crippen molar-refractivity contribution in [3.05, 3.63) is 42.5 Å². The topological polar surface area (TPSA) is 89.1 Å². The first kappa shape index (κ1) is 18.5. The summed E-state index contributed by atoms with van der Waals surface area (Å²) in [6, 6.07) is 12.2. The lowest BCUT2D eigenvalue weighted by molar-refractivity contribution is -0.119. The van der Waals surface area contributed by atoms with Gasteiger partial charge in [0.25, 0.3) is 0 Å². The number of fused-ring (bicyclic) bond motifs is 1. The molecule has 8 nitrogen and oxygen atoms in total. The Morgan fingerprint density at radius 2 is 1.56 bits per heavy atom. The van der Waals surface area contributed by atoms with Gasteiger partial charge in [-0.15, -0.1) is 0 Å². The van der Waals surface area contributed by atoms with E-state index in [0.29, 0.717) is 28.6 Å². The van der Waals surface area contributed by atoms with Crippen LogP contribution in [0, 0.1) is 0 Å². The lowest BCUT2D eigenvalue weighted by Crippen LogP contribution is -2.36. The van der Waals surface area contributed by atoms with Crippen LogP contribution in [0.1, 0.15) is 0 Å². The van der Waals surface area contributed by atoms with Crippen LogP contribution in [0.2, 0.25) is 0 Å². The van der Waals surface area contributed by atoms with Gasteiger partial charge in [0.15, 0.2) is 11.5 Å². The van der Waals surface area contributed by atoms with E-state index in [9.17, 15) is 9.59 Å². The molecule has 2 N–H and O–H groups in total. The molecule has 0 aliphatic carbocycles. The Balaban J connectivity index is 1.45. The van der Waals surface area contributed by atoms with Crippen molar-refractivity contribution in [3.63, 3.8) is 0 Å². The summed E-state index contributed by atoms with van der Waals surface area (Å²) < 4.78 is 15.6.